The van der Waals surface area contributed by atoms with E-state index in [-0.39, 0.29) is 13.0 Å². The topological polar surface area (TPSA) is 89.6 Å². The lowest BCUT2D eigenvalue weighted by molar-refractivity contribution is -0.136. The Bertz CT molecular complexity index is 667. The van der Waals surface area contributed by atoms with E-state index in [0.29, 0.717) is 22.4 Å². The zero-order valence-corrected chi connectivity index (χ0v) is 11.3. The van der Waals surface area contributed by atoms with Crippen LogP contribution in [0.1, 0.15) is 21.5 Å². The summed E-state index contributed by atoms with van der Waals surface area (Å²) in [4.78, 5) is 22.0. The van der Waals surface area contributed by atoms with Gasteiger partial charge in [-0.25, -0.2) is 0 Å². The number of primary amides is 1. The van der Waals surface area contributed by atoms with E-state index in [1.54, 1.807) is 48.5 Å². The van der Waals surface area contributed by atoms with Crippen LogP contribution in [0.5, 0.6) is 5.75 Å². The van der Waals surface area contributed by atoms with Crippen molar-refractivity contribution in [3.05, 3.63) is 65.2 Å². The van der Waals surface area contributed by atoms with Crippen molar-refractivity contribution >= 4 is 11.9 Å². The fraction of sp³-hybridized carbons (Fsp3) is 0.125. The van der Waals surface area contributed by atoms with Gasteiger partial charge in [-0.3, -0.25) is 9.59 Å². The zero-order chi connectivity index (χ0) is 15.2. The van der Waals surface area contributed by atoms with E-state index in [1.807, 2.05) is 0 Å². The van der Waals surface area contributed by atoms with E-state index < -0.39 is 11.9 Å². The summed E-state index contributed by atoms with van der Waals surface area (Å²) in [5.41, 5.74) is 7.06. The molecule has 0 saturated carbocycles. The molecule has 108 valence electrons. The number of carbonyl (C=O) groups is 2. The van der Waals surface area contributed by atoms with E-state index in [9.17, 15) is 9.59 Å². The van der Waals surface area contributed by atoms with Gasteiger partial charge in [-0.15, -0.1) is 0 Å². The Kier molecular flexibility index (Phi) is 4.56. The standard InChI is InChI=1S/C16H15NO4/c17-16(20)14-7-2-1-5-12(14)10-21-13-6-3-4-11(8-13)9-15(18)19/h1-8H,9-10H2,(H2,17,20)(H,18,19). The molecule has 0 radical (unpaired) electrons. The first kappa shape index (κ1) is 14.6. The van der Waals surface area contributed by atoms with Crippen molar-refractivity contribution in [2.45, 2.75) is 13.0 Å². The summed E-state index contributed by atoms with van der Waals surface area (Å²) >= 11 is 0. The van der Waals surface area contributed by atoms with E-state index in [4.69, 9.17) is 15.6 Å². The lowest BCUT2D eigenvalue weighted by Gasteiger charge is -2.10. The summed E-state index contributed by atoms with van der Waals surface area (Å²) in [6.07, 6.45) is -0.0604. The highest BCUT2D eigenvalue weighted by atomic mass is 16.5. The molecule has 0 unspecified atom stereocenters. The molecule has 0 spiro atoms. The molecule has 0 aliphatic heterocycles. The normalized spacial score (nSPS) is 10.1. The molecule has 2 rings (SSSR count). The number of carboxylic acid groups (broad SMARTS) is 1. The predicted octanol–water partition coefficient (Wildman–Crippen LogP) is 1.99. The first-order chi connectivity index (χ1) is 10.1. The summed E-state index contributed by atoms with van der Waals surface area (Å²) in [5.74, 6) is -0.854. The maximum Gasteiger partial charge on any atom is 0.307 e. The molecule has 0 aliphatic carbocycles. The van der Waals surface area contributed by atoms with Gasteiger partial charge in [0.05, 0.1) is 6.42 Å². The number of rotatable bonds is 6. The Hall–Kier alpha value is -2.82. The van der Waals surface area contributed by atoms with Crippen molar-refractivity contribution in [3.63, 3.8) is 0 Å². The predicted molar refractivity (Wildman–Crippen MR) is 77.1 cm³/mol. The molecule has 0 heterocycles. The SMILES string of the molecule is NC(=O)c1ccccc1COc1cccc(CC(=O)O)c1. The van der Waals surface area contributed by atoms with Crippen LogP contribution in [0.25, 0.3) is 0 Å². The van der Waals surface area contributed by atoms with Gasteiger partial charge < -0.3 is 15.6 Å². The van der Waals surface area contributed by atoms with Crippen LogP contribution in [0.15, 0.2) is 48.5 Å². The Morgan fingerprint density at radius 2 is 1.86 bits per heavy atom. The summed E-state index contributed by atoms with van der Waals surface area (Å²) < 4.78 is 5.60. The zero-order valence-electron chi connectivity index (χ0n) is 11.3. The number of ether oxygens (including phenoxy) is 1. The van der Waals surface area contributed by atoms with E-state index in [1.165, 1.54) is 0 Å². The van der Waals surface area contributed by atoms with Gasteiger partial charge in [0.15, 0.2) is 0 Å². The van der Waals surface area contributed by atoms with E-state index in [2.05, 4.69) is 0 Å². The minimum atomic E-state index is -0.897. The molecule has 1 amide bonds. The number of hydrogen-bond acceptors (Lipinski definition) is 3. The maximum atomic E-state index is 11.3. The Labute approximate surface area is 122 Å². The monoisotopic (exact) mass is 285 g/mol. The van der Waals surface area contributed by atoms with E-state index in [0.717, 1.165) is 0 Å². The summed E-state index contributed by atoms with van der Waals surface area (Å²) in [6.45, 7) is 0.190. The highest BCUT2D eigenvalue weighted by molar-refractivity contribution is 5.94. The van der Waals surface area contributed by atoms with Crippen molar-refractivity contribution in [2.24, 2.45) is 5.73 Å². The molecule has 0 bridgehead atoms. The third kappa shape index (κ3) is 4.07. The minimum absolute atomic E-state index is 0.0604. The molecule has 0 atom stereocenters. The van der Waals surface area contributed by atoms with Gasteiger partial charge in [-0.05, 0) is 23.8 Å². The van der Waals surface area contributed by atoms with Crippen molar-refractivity contribution in [1.82, 2.24) is 0 Å². The molecule has 0 aromatic heterocycles. The van der Waals surface area contributed by atoms with Crippen LogP contribution in [-0.2, 0) is 17.8 Å². The molecular weight excluding hydrogens is 270 g/mol. The van der Waals surface area contributed by atoms with Gasteiger partial charge in [-0.1, -0.05) is 30.3 Å². The fourth-order valence-corrected chi connectivity index (χ4v) is 1.97. The van der Waals surface area contributed by atoms with Gasteiger partial charge >= 0.3 is 5.97 Å². The van der Waals surface area contributed by atoms with Crippen LogP contribution in [0.2, 0.25) is 0 Å². The quantitative estimate of drug-likeness (QED) is 0.849. The summed E-state index contributed by atoms with van der Waals surface area (Å²) in [7, 11) is 0. The van der Waals surface area contributed by atoms with E-state index >= 15 is 0 Å². The fourth-order valence-electron chi connectivity index (χ4n) is 1.97. The van der Waals surface area contributed by atoms with Crippen LogP contribution >= 0.6 is 0 Å². The first-order valence-electron chi connectivity index (χ1n) is 6.37. The Balaban J connectivity index is 2.10. The lowest BCUT2D eigenvalue weighted by Crippen LogP contribution is -2.14. The smallest absolute Gasteiger partial charge is 0.307 e. The largest absolute Gasteiger partial charge is 0.489 e. The van der Waals surface area contributed by atoms with Crippen LogP contribution in [0.4, 0.5) is 0 Å². The number of amides is 1. The van der Waals surface area contributed by atoms with Gasteiger partial charge in [0.1, 0.15) is 12.4 Å². The second-order valence-corrected chi connectivity index (χ2v) is 4.53. The van der Waals surface area contributed by atoms with Gasteiger partial charge in [-0.2, -0.15) is 0 Å². The molecule has 21 heavy (non-hydrogen) atoms. The van der Waals surface area contributed by atoms with Crippen LogP contribution in [0.3, 0.4) is 0 Å². The molecule has 5 nitrogen and oxygen atoms in total. The van der Waals surface area contributed by atoms with Gasteiger partial charge in [0.25, 0.3) is 0 Å². The maximum absolute atomic E-state index is 11.3. The number of benzene rings is 2. The molecule has 0 fully saturated rings. The third-order valence-electron chi connectivity index (χ3n) is 2.93. The number of carbonyl (C=O) groups excluding carboxylic acids is 1. The summed E-state index contributed by atoms with van der Waals surface area (Å²) in [5, 5.41) is 8.77. The molecule has 2 aromatic carbocycles. The number of aliphatic carboxylic acids is 1. The van der Waals surface area contributed by atoms with Crippen molar-refractivity contribution < 1.29 is 19.4 Å². The lowest BCUT2D eigenvalue weighted by atomic mass is 10.1. The molecule has 0 saturated heterocycles. The highest BCUT2D eigenvalue weighted by Crippen LogP contribution is 2.17. The average Bonchev–Trinajstić information content (AvgIpc) is 2.45. The number of hydrogen-bond donors (Lipinski definition) is 2. The average molecular weight is 285 g/mol. The molecule has 2 aromatic rings. The second-order valence-electron chi connectivity index (χ2n) is 4.53. The first-order valence-corrected chi connectivity index (χ1v) is 6.37. The van der Waals surface area contributed by atoms with Crippen molar-refractivity contribution in [3.8, 4) is 5.75 Å². The van der Waals surface area contributed by atoms with Crippen LogP contribution in [0, 0.1) is 0 Å². The third-order valence-corrected chi connectivity index (χ3v) is 2.93. The molecule has 5 heteroatoms. The second kappa shape index (κ2) is 6.56. The number of nitrogens with two attached hydrogens (primary N) is 1. The molecule has 3 N–H and O–H groups in total. The van der Waals surface area contributed by atoms with Crippen LogP contribution < -0.4 is 10.5 Å². The number of carboxylic acids is 1. The van der Waals surface area contributed by atoms with Gasteiger partial charge in [0.2, 0.25) is 5.91 Å². The minimum Gasteiger partial charge on any atom is -0.489 e. The van der Waals surface area contributed by atoms with Crippen molar-refractivity contribution in [2.75, 3.05) is 0 Å². The summed E-state index contributed by atoms with van der Waals surface area (Å²) in [6, 6.07) is 13.8. The molecular formula is C16H15NO4. The molecule has 0 aliphatic rings. The van der Waals surface area contributed by atoms with Crippen molar-refractivity contribution in [1.29, 1.82) is 0 Å². The van der Waals surface area contributed by atoms with Crippen LogP contribution in [-0.4, -0.2) is 17.0 Å². The Morgan fingerprint density at radius 3 is 2.57 bits per heavy atom. The van der Waals surface area contributed by atoms with Gasteiger partial charge in [0, 0.05) is 11.1 Å². The highest BCUT2D eigenvalue weighted by Gasteiger charge is 2.08. The Morgan fingerprint density at radius 1 is 1.10 bits per heavy atom.